The van der Waals surface area contributed by atoms with Gasteiger partial charge in [-0.15, -0.1) is 0 Å². The molecule has 1 fully saturated rings. The third-order valence-electron chi connectivity index (χ3n) is 4.12. The molecule has 0 radical (unpaired) electrons. The molecular weight excluding hydrogens is 318 g/mol. The first-order valence-corrected chi connectivity index (χ1v) is 8.18. The van der Waals surface area contributed by atoms with Gasteiger partial charge in [-0.2, -0.15) is 0 Å². The van der Waals surface area contributed by atoms with E-state index < -0.39 is 23.6 Å². The molecule has 2 atom stereocenters. The summed E-state index contributed by atoms with van der Waals surface area (Å²) in [5.41, 5.74) is -0.230. The first-order valence-electron chi connectivity index (χ1n) is 8.18. The summed E-state index contributed by atoms with van der Waals surface area (Å²) in [5, 5.41) is 15.1. The minimum atomic E-state index is -0.920. The van der Waals surface area contributed by atoms with Gasteiger partial charge in [0.1, 0.15) is 11.6 Å². The van der Waals surface area contributed by atoms with Crippen molar-refractivity contribution in [2.24, 2.45) is 0 Å². The van der Waals surface area contributed by atoms with Crippen molar-refractivity contribution in [1.29, 1.82) is 0 Å². The van der Waals surface area contributed by atoms with E-state index in [1.807, 2.05) is 0 Å². The molecule has 0 heterocycles. The zero-order valence-corrected chi connectivity index (χ0v) is 13.4. The Balaban J connectivity index is 1.68. The summed E-state index contributed by atoms with van der Waals surface area (Å²) in [6.45, 7) is 0.205. The van der Waals surface area contributed by atoms with E-state index in [9.17, 15) is 23.5 Å². The largest absolute Gasteiger partial charge is 0.391 e. The Kier molecular flexibility index (Phi) is 6.66. The molecule has 2 amide bonds. The van der Waals surface area contributed by atoms with Gasteiger partial charge in [0, 0.05) is 19.0 Å². The van der Waals surface area contributed by atoms with Crippen molar-refractivity contribution in [3.05, 3.63) is 35.4 Å². The summed E-state index contributed by atoms with van der Waals surface area (Å²) in [6.07, 6.45) is 3.53. The minimum Gasteiger partial charge on any atom is -0.391 e. The standard InChI is InChI=1S/C17H22F2N2O3/c18-11-7-8-12(13(19)10-11)17(24)20-9-3-6-16(23)21-14-4-1-2-5-15(14)22/h7-8,10,14-15,22H,1-6,9H2,(H,20,24)(H,21,23). The Bertz CT molecular complexity index is 595. The fourth-order valence-corrected chi connectivity index (χ4v) is 2.78. The lowest BCUT2D eigenvalue weighted by Gasteiger charge is -2.28. The van der Waals surface area contributed by atoms with Crippen LogP contribution in [-0.2, 0) is 4.79 Å². The second-order valence-electron chi connectivity index (χ2n) is 6.01. The number of carbonyl (C=O) groups excluding carboxylic acids is 2. The highest BCUT2D eigenvalue weighted by Crippen LogP contribution is 2.18. The van der Waals surface area contributed by atoms with Gasteiger partial charge < -0.3 is 15.7 Å². The summed E-state index contributed by atoms with van der Waals surface area (Å²) < 4.78 is 26.2. The number of hydrogen-bond acceptors (Lipinski definition) is 3. The predicted molar refractivity (Wildman–Crippen MR) is 84.3 cm³/mol. The molecule has 0 bridgehead atoms. The predicted octanol–water partition coefficient (Wildman–Crippen LogP) is 1.89. The van der Waals surface area contributed by atoms with Crippen LogP contribution in [0, 0.1) is 11.6 Å². The molecule has 1 aliphatic rings. The Morgan fingerprint density at radius 2 is 1.96 bits per heavy atom. The van der Waals surface area contributed by atoms with Crippen LogP contribution in [0.1, 0.15) is 48.9 Å². The van der Waals surface area contributed by atoms with Crippen LogP contribution >= 0.6 is 0 Å². The van der Waals surface area contributed by atoms with Crippen LogP contribution in [0.5, 0.6) is 0 Å². The fourth-order valence-electron chi connectivity index (χ4n) is 2.78. The van der Waals surface area contributed by atoms with Crippen molar-refractivity contribution < 1.29 is 23.5 Å². The molecule has 5 nitrogen and oxygen atoms in total. The van der Waals surface area contributed by atoms with E-state index in [1.165, 1.54) is 0 Å². The third-order valence-corrected chi connectivity index (χ3v) is 4.12. The Labute approximate surface area is 139 Å². The van der Waals surface area contributed by atoms with Gasteiger partial charge in [0.05, 0.1) is 17.7 Å². The quantitative estimate of drug-likeness (QED) is 0.692. The molecule has 0 aliphatic heterocycles. The van der Waals surface area contributed by atoms with Gasteiger partial charge in [-0.25, -0.2) is 8.78 Å². The average Bonchev–Trinajstić information content (AvgIpc) is 2.53. The normalized spacial score (nSPS) is 20.5. The Morgan fingerprint density at radius 3 is 2.67 bits per heavy atom. The van der Waals surface area contributed by atoms with Crippen LogP contribution < -0.4 is 10.6 Å². The third kappa shape index (κ3) is 5.26. The highest BCUT2D eigenvalue weighted by Gasteiger charge is 2.24. The van der Waals surface area contributed by atoms with Crippen molar-refractivity contribution in [2.75, 3.05) is 6.54 Å². The zero-order valence-electron chi connectivity index (χ0n) is 13.4. The molecule has 2 rings (SSSR count). The SMILES string of the molecule is O=C(CCCNC(=O)c1ccc(F)cc1F)NC1CCCCC1O. The fraction of sp³-hybridized carbons (Fsp3) is 0.529. The monoisotopic (exact) mass is 340 g/mol. The van der Waals surface area contributed by atoms with E-state index in [1.54, 1.807) is 0 Å². The molecule has 132 valence electrons. The number of nitrogens with one attached hydrogen (secondary N) is 2. The van der Waals surface area contributed by atoms with Crippen LogP contribution in [0.4, 0.5) is 8.78 Å². The maximum atomic E-state index is 13.4. The molecule has 0 aromatic heterocycles. The van der Waals surface area contributed by atoms with Crippen LogP contribution in [0.2, 0.25) is 0 Å². The number of carbonyl (C=O) groups is 2. The van der Waals surface area contributed by atoms with E-state index >= 15 is 0 Å². The van der Waals surface area contributed by atoms with Gasteiger partial charge in [0.15, 0.2) is 0 Å². The molecule has 24 heavy (non-hydrogen) atoms. The second-order valence-corrected chi connectivity index (χ2v) is 6.01. The first kappa shape index (κ1) is 18.3. The molecule has 1 saturated carbocycles. The van der Waals surface area contributed by atoms with E-state index in [0.29, 0.717) is 18.9 Å². The highest BCUT2D eigenvalue weighted by atomic mass is 19.1. The number of hydrogen-bond donors (Lipinski definition) is 3. The summed E-state index contributed by atoms with van der Waals surface area (Å²) in [4.78, 5) is 23.6. The topological polar surface area (TPSA) is 78.4 Å². The first-order chi connectivity index (χ1) is 11.5. The van der Waals surface area contributed by atoms with Gasteiger partial charge in [0.2, 0.25) is 5.91 Å². The van der Waals surface area contributed by atoms with E-state index in [4.69, 9.17) is 0 Å². The van der Waals surface area contributed by atoms with Crippen LogP contribution in [0.3, 0.4) is 0 Å². The summed E-state index contributed by atoms with van der Waals surface area (Å²) in [7, 11) is 0. The van der Waals surface area contributed by atoms with Crippen molar-refractivity contribution in [3.8, 4) is 0 Å². The molecular formula is C17H22F2N2O3. The number of aliphatic hydroxyl groups is 1. The van der Waals surface area contributed by atoms with E-state index in [0.717, 1.165) is 31.4 Å². The summed E-state index contributed by atoms with van der Waals surface area (Å²) in [6, 6.07) is 2.55. The van der Waals surface area contributed by atoms with Crippen molar-refractivity contribution in [2.45, 2.75) is 50.7 Å². The minimum absolute atomic E-state index is 0.178. The van der Waals surface area contributed by atoms with Crippen LogP contribution in [0.15, 0.2) is 18.2 Å². The van der Waals surface area contributed by atoms with Gasteiger partial charge in [-0.1, -0.05) is 12.8 Å². The Hall–Kier alpha value is -2.02. The van der Waals surface area contributed by atoms with Crippen LogP contribution in [0.25, 0.3) is 0 Å². The lowest BCUT2D eigenvalue weighted by Crippen LogP contribution is -2.45. The smallest absolute Gasteiger partial charge is 0.254 e. The van der Waals surface area contributed by atoms with Crippen molar-refractivity contribution in [1.82, 2.24) is 10.6 Å². The van der Waals surface area contributed by atoms with Gasteiger partial charge >= 0.3 is 0 Å². The van der Waals surface area contributed by atoms with Gasteiger partial charge in [0.25, 0.3) is 5.91 Å². The molecule has 1 aliphatic carbocycles. The number of rotatable bonds is 6. The maximum absolute atomic E-state index is 13.4. The molecule has 3 N–H and O–H groups in total. The molecule has 1 aromatic rings. The van der Waals surface area contributed by atoms with E-state index in [2.05, 4.69) is 10.6 Å². The number of halogens is 2. The van der Waals surface area contributed by atoms with Gasteiger partial charge in [-0.3, -0.25) is 9.59 Å². The van der Waals surface area contributed by atoms with Crippen LogP contribution in [-0.4, -0.2) is 35.6 Å². The number of benzene rings is 1. The highest BCUT2D eigenvalue weighted by molar-refractivity contribution is 5.94. The second kappa shape index (κ2) is 8.73. The zero-order chi connectivity index (χ0) is 17.5. The lowest BCUT2D eigenvalue weighted by molar-refractivity contribution is -0.123. The lowest BCUT2D eigenvalue weighted by atomic mass is 9.92. The number of amides is 2. The van der Waals surface area contributed by atoms with Crippen molar-refractivity contribution >= 4 is 11.8 Å². The molecule has 7 heteroatoms. The maximum Gasteiger partial charge on any atom is 0.254 e. The molecule has 0 saturated heterocycles. The average molecular weight is 340 g/mol. The Morgan fingerprint density at radius 1 is 1.21 bits per heavy atom. The number of aliphatic hydroxyl groups excluding tert-OH is 1. The molecule has 2 unspecified atom stereocenters. The summed E-state index contributed by atoms with van der Waals surface area (Å²) in [5.74, 6) is -2.49. The van der Waals surface area contributed by atoms with Gasteiger partial charge in [-0.05, 0) is 31.4 Å². The summed E-state index contributed by atoms with van der Waals surface area (Å²) >= 11 is 0. The molecule has 0 spiro atoms. The molecule has 1 aromatic carbocycles. The van der Waals surface area contributed by atoms with E-state index in [-0.39, 0.29) is 30.5 Å². The van der Waals surface area contributed by atoms with Crippen molar-refractivity contribution in [3.63, 3.8) is 0 Å².